The summed E-state index contributed by atoms with van der Waals surface area (Å²) in [6.45, 7) is 1.19. The first-order valence-electron chi connectivity index (χ1n) is 12.9. The second-order valence-electron chi connectivity index (χ2n) is 9.47. The zero-order valence-electron chi connectivity index (χ0n) is 21.1. The van der Waals surface area contributed by atoms with Crippen LogP contribution >= 0.6 is 11.3 Å². The maximum Gasteiger partial charge on any atom is 0.337 e. The van der Waals surface area contributed by atoms with Gasteiger partial charge in [-0.3, -0.25) is 0 Å². The van der Waals surface area contributed by atoms with Gasteiger partial charge in [-0.15, -0.1) is 11.3 Å². The topological polar surface area (TPSA) is 60.5 Å². The van der Waals surface area contributed by atoms with E-state index < -0.39 is 0 Å². The van der Waals surface area contributed by atoms with E-state index in [2.05, 4.69) is 29.6 Å². The van der Waals surface area contributed by atoms with E-state index in [0.29, 0.717) is 18.7 Å². The Morgan fingerprint density at radius 1 is 0.919 bits per heavy atom. The lowest BCUT2D eigenvalue weighted by atomic mass is 9.84. The normalized spacial score (nSPS) is 13.8. The van der Waals surface area contributed by atoms with E-state index in [-0.39, 0.29) is 5.97 Å². The van der Waals surface area contributed by atoms with E-state index in [1.807, 2.05) is 41.8 Å². The fourth-order valence-corrected chi connectivity index (χ4v) is 5.47. The van der Waals surface area contributed by atoms with Crippen molar-refractivity contribution in [2.75, 3.05) is 12.4 Å². The Labute approximate surface area is 222 Å². The lowest BCUT2D eigenvalue weighted by Gasteiger charge is -2.22. The number of nitrogens with zero attached hydrogens (tertiary/aromatic N) is 1. The van der Waals surface area contributed by atoms with Gasteiger partial charge in [0.25, 0.3) is 0 Å². The molecule has 0 saturated heterocycles. The van der Waals surface area contributed by atoms with Crippen molar-refractivity contribution in [3.05, 3.63) is 100 Å². The van der Waals surface area contributed by atoms with Gasteiger partial charge in [0.05, 0.1) is 18.4 Å². The highest BCUT2D eigenvalue weighted by Crippen LogP contribution is 2.33. The molecule has 0 radical (unpaired) electrons. The molecule has 1 fully saturated rings. The minimum absolute atomic E-state index is 0.330. The maximum atomic E-state index is 11.6. The number of methoxy groups -OCH3 is 1. The number of rotatable bonds is 9. The lowest BCUT2D eigenvalue weighted by Crippen LogP contribution is -2.04. The van der Waals surface area contributed by atoms with Crippen LogP contribution in [0.5, 0.6) is 5.75 Å². The molecule has 1 saturated carbocycles. The van der Waals surface area contributed by atoms with Crippen LogP contribution in [-0.2, 0) is 17.9 Å². The highest BCUT2D eigenvalue weighted by atomic mass is 32.1. The van der Waals surface area contributed by atoms with E-state index >= 15 is 0 Å². The van der Waals surface area contributed by atoms with E-state index in [4.69, 9.17) is 14.5 Å². The number of hydrogen-bond acceptors (Lipinski definition) is 6. The third kappa shape index (κ3) is 6.57. The highest BCUT2D eigenvalue weighted by Gasteiger charge is 2.15. The molecule has 1 N–H and O–H groups in total. The molecular weight excluding hydrogens is 480 g/mol. The van der Waals surface area contributed by atoms with Crippen molar-refractivity contribution in [3.8, 4) is 17.0 Å². The first-order chi connectivity index (χ1) is 18.2. The van der Waals surface area contributed by atoms with Gasteiger partial charge >= 0.3 is 5.97 Å². The summed E-state index contributed by atoms with van der Waals surface area (Å²) in [5.74, 6) is 1.25. The average Bonchev–Trinajstić information content (AvgIpc) is 3.45. The highest BCUT2D eigenvalue weighted by molar-refractivity contribution is 7.14. The molecule has 3 aromatic carbocycles. The van der Waals surface area contributed by atoms with Crippen LogP contribution in [0.3, 0.4) is 0 Å². The SMILES string of the molecule is COC(=O)c1ccc(CNc2nc(-c3ccc(OCc4ccc(C5CCCCC5)cc4)cc3)cs2)cc1. The van der Waals surface area contributed by atoms with Gasteiger partial charge in [-0.05, 0) is 71.8 Å². The fraction of sp³-hybridized carbons (Fsp3) is 0.290. The van der Waals surface area contributed by atoms with Crippen molar-refractivity contribution in [1.29, 1.82) is 0 Å². The predicted octanol–water partition coefficient (Wildman–Crippen LogP) is 7.84. The largest absolute Gasteiger partial charge is 0.489 e. The molecule has 6 heteroatoms. The zero-order valence-corrected chi connectivity index (χ0v) is 21.9. The van der Waals surface area contributed by atoms with Crippen LogP contribution in [-0.4, -0.2) is 18.1 Å². The van der Waals surface area contributed by atoms with Crippen molar-refractivity contribution in [1.82, 2.24) is 4.98 Å². The maximum absolute atomic E-state index is 11.6. The number of nitrogens with one attached hydrogen (secondary N) is 1. The Balaban J connectivity index is 1.11. The van der Waals surface area contributed by atoms with Crippen LogP contribution in [0.15, 0.2) is 78.2 Å². The number of thiazole rings is 1. The Morgan fingerprint density at radius 2 is 1.62 bits per heavy atom. The number of esters is 1. The van der Waals surface area contributed by atoms with Gasteiger partial charge < -0.3 is 14.8 Å². The molecule has 4 aromatic rings. The van der Waals surface area contributed by atoms with Gasteiger partial charge in [0.2, 0.25) is 0 Å². The summed E-state index contributed by atoms with van der Waals surface area (Å²) in [5.41, 5.74) is 6.26. The van der Waals surface area contributed by atoms with Crippen LogP contribution in [0.25, 0.3) is 11.3 Å². The molecule has 0 spiro atoms. The van der Waals surface area contributed by atoms with Gasteiger partial charge in [-0.2, -0.15) is 0 Å². The Kier molecular flexibility index (Phi) is 8.16. The van der Waals surface area contributed by atoms with E-state index in [0.717, 1.165) is 33.6 Å². The van der Waals surface area contributed by atoms with Crippen LogP contribution in [0.4, 0.5) is 5.13 Å². The second-order valence-corrected chi connectivity index (χ2v) is 10.3. The van der Waals surface area contributed by atoms with Crippen molar-refractivity contribution in [2.24, 2.45) is 0 Å². The van der Waals surface area contributed by atoms with Gasteiger partial charge in [-0.25, -0.2) is 9.78 Å². The minimum Gasteiger partial charge on any atom is -0.489 e. The number of benzene rings is 3. The molecule has 190 valence electrons. The second kappa shape index (κ2) is 12.1. The Bertz CT molecular complexity index is 1290. The molecule has 0 unspecified atom stereocenters. The molecule has 5 nitrogen and oxygen atoms in total. The first-order valence-corrected chi connectivity index (χ1v) is 13.7. The zero-order chi connectivity index (χ0) is 25.5. The van der Waals surface area contributed by atoms with Crippen molar-refractivity contribution < 1.29 is 14.3 Å². The number of ether oxygens (including phenoxy) is 2. The van der Waals surface area contributed by atoms with Crippen molar-refractivity contribution in [2.45, 2.75) is 51.2 Å². The molecule has 1 aliphatic rings. The summed E-state index contributed by atoms with van der Waals surface area (Å²) in [4.78, 5) is 16.3. The molecule has 5 rings (SSSR count). The van der Waals surface area contributed by atoms with E-state index in [1.165, 1.54) is 50.3 Å². The summed E-state index contributed by atoms with van der Waals surface area (Å²) in [7, 11) is 1.38. The van der Waals surface area contributed by atoms with Crippen molar-refractivity contribution >= 4 is 22.4 Å². The predicted molar refractivity (Wildman–Crippen MR) is 149 cm³/mol. The molecule has 1 aliphatic carbocycles. The summed E-state index contributed by atoms with van der Waals surface area (Å²) in [6, 6.07) is 24.4. The molecule has 1 aromatic heterocycles. The molecule has 0 amide bonds. The van der Waals surface area contributed by atoms with Crippen LogP contribution < -0.4 is 10.1 Å². The van der Waals surface area contributed by atoms with Crippen LogP contribution in [0, 0.1) is 0 Å². The average molecular weight is 513 g/mol. The van der Waals surface area contributed by atoms with Gasteiger partial charge in [0.1, 0.15) is 12.4 Å². The number of hydrogen-bond donors (Lipinski definition) is 1. The number of anilines is 1. The van der Waals surface area contributed by atoms with Crippen LogP contribution in [0.2, 0.25) is 0 Å². The fourth-order valence-electron chi connectivity index (χ4n) is 4.75. The molecule has 1 heterocycles. The standard InChI is InChI=1S/C31H32N2O3S/c1-35-30(34)27-13-7-22(8-14-27)19-32-31-33-29(21-37-31)26-15-17-28(18-16-26)36-20-23-9-11-25(12-10-23)24-5-3-2-4-6-24/h7-18,21,24H,2-6,19-20H2,1H3,(H,32,33). The molecule has 0 atom stereocenters. The third-order valence-electron chi connectivity index (χ3n) is 6.93. The molecular formula is C31H32N2O3S. The molecule has 0 bridgehead atoms. The van der Waals surface area contributed by atoms with Gasteiger partial charge in [-0.1, -0.05) is 55.7 Å². The van der Waals surface area contributed by atoms with Gasteiger partial charge in [0.15, 0.2) is 5.13 Å². The summed E-state index contributed by atoms with van der Waals surface area (Å²) >= 11 is 1.57. The first kappa shape index (κ1) is 25.0. The van der Waals surface area contributed by atoms with Crippen LogP contribution in [0.1, 0.15) is 65.1 Å². The quantitative estimate of drug-likeness (QED) is 0.232. The van der Waals surface area contributed by atoms with E-state index in [1.54, 1.807) is 23.5 Å². The Morgan fingerprint density at radius 3 is 2.32 bits per heavy atom. The molecule has 37 heavy (non-hydrogen) atoms. The van der Waals surface area contributed by atoms with E-state index in [9.17, 15) is 4.79 Å². The Hall–Kier alpha value is -3.64. The van der Waals surface area contributed by atoms with Gasteiger partial charge in [0, 0.05) is 17.5 Å². The van der Waals surface area contributed by atoms with Crippen molar-refractivity contribution in [3.63, 3.8) is 0 Å². The number of carbonyl (C=O) groups is 1. The monoisotopic (exact) mass is 512 g/mol. The number of aromatic nitrogens is 1. The summed E-state index contributed by atoms with van der Waals surface area (Å²) < 4.78 is 10.8. The number of carbonyl (C=O) groups excluding carboxylic acids is 1. The summed E-state index contributed by atoms with van der Waals surface area (Å²) in [5, 5.41) is 6.25. The minimum atomic E-state index is -0.330. The molecule has 0 aliphatic heterocycles. The smallest absolute Gasteiger partial charge is 0.337 e. The third-order valence-corrected chi connectivity index (χ3v) is 7.73. The summed E-state index contributed by atoms with van der Waals surface area (Å²) in [6.07, 6.45) is 6.75. The lowest BCUT2D eigenvalue weighted by molar-refractivity contribution is 0.0600.